The zero-order chi connectivity index (χ0) is 20.0. The lowest BCUT2D eigenvalue weighted by atomic mass is 9.99. The normalized spacial score (nSPS) is 17.9. The minimum absolute atomic E-state index is 0.157. The maximum Gasteiger partial charge on any atom is 0.326 e. The summed E-state index contributed by atoms with van der Waals surface area (Å²) in [6.07, 6.45) is 3.16. The van der Waals surface area contributed by atoms with Crippen LogP contribution in [0, 0.1) is 13.8 Å². The summed E-state index contributed by atoms with van der Waals surface area (Å²) in [5.41, 5.74) is 2.60. The van der Waals surface area contributed by atoms with Crippen molar-refractivity contribution in [1.29, 1.82) is 0 Å². The van der Waals surface area contributed by atoms with E-state index in [0.29, 0.717) is 12.1 Å². The number of carbonyl (C=O) groups is 3. The van der Waals surface area contributed by atoms with Gasteiger partial charge in [0.25, 0.3) is 11.8 Å². The zero-order valence-electron chi connectivity index (χ0n) is 16.7. The van der Waals surface area contributed by atoms with Crippen LogP contribution in [0.4, 0.5) is 0 Å². The molecule has 2 rings (SSSR count). The van der Waals surface area contributed by atoms with Gasteiger partial charge in [0.05, 0.1) is 0 Å². The summed E-state index contributed by atoms with van der Waals surface area (Å²) in [7, 11) is 0. The van der Waals surface area contributed by atoms with Crippen LogP contribution in [0.15, 0.2) is 18.2 Å². The standard InChI is InChI=1S/C21H30N2O4/c1-5-18-8-6-7-11-23(18)21(26)16(4)27-19(24)13-22-20(25)17-10-9-14(2)15(3)12-17/h9-10,12,16,18H,5-8,11,13H2,1-4H3,(H,22,25). The Balaban J connectivity index is 1.84. The Morgan fingerprint density at radius 2 is 1.96 bits per heavy atom. The lowest BCUT2D eigenvalue weighted by Gasteiger charge is -2.36. The number of aryl methyl sites for hydroxylation is 2. The van der Waals surface area contributed by atoms with Gasteiger partial charge in [-0.05, 0) is 69.7 Å². The smallest absolute Gasteiger partial charge is 0.326 e. The van der Waals surface area contributed by atoms with Gasteiger partial charge in [-0.1, -0.05) is 13.0 Å². The Morgan fingerprint density at radius 1 is 1.22 bits per heavy atom. The fourth-order valence-electron chi connectivity index (χ4n) is 3.38. The summed E-state index contributed by atoms with van der Waals surface area (Å²) in [5.74, 6) is -1.11. The van der Waals surface area contributed by atoms with E-state index in [0.717, 1.165) is 36.8 Å². The number of hydrogen-bond acceptors (Lipinski definition) is 4. The molecule has 0 aliphatic carbocycles. The van der Waals surface area contributed by atoms with Crippen LogP contribution >= 0.6 is 0 Å². The molecule has 1 heterocycles. The van der Waals surface area contributed by atoms with Crippen LogP contribution in [0.2, 0.25) is 0 Å². The highest BCUT2D eigenvalue weighted by Gasteiger charge is 2.30. The third-order valence-electron chi connectivity index (χ3n) is 5.20. The van der Waals surface area contributed by atoms with E-state index >= 15 is 0 Å². The molecule has 0 aromatic heterocycles. The number of nitrogens with one attached hydrogen (secondary N) is 1. The third kappa shape index (κ3) is 5.55. The first kappa shape index (κ1) is 20.9. The van der Waals surface area contributed by atoms with Crippen molar-refractivity contribution in [3.05, 3.63) is 34.9 Å². The van der Waals surface area contributed by atoms with E-state index < -0.39 is 12.1 Å². The quantitative estimate of drug-likeness (QED) is 0.777. The number of piperidine rings is 1. The molecule has 27 heavy (non-hydrogen) atoms. The molecule has 6 heteroatoms. The molecule has 148 valence electrons. The largest absolute Gasteiger partial charge is 0.451 e. The van der Waals surface area contributed by atoms with Gasteiger partial charge in [-0.25, -0.2) is 0 Å². The van der Waals surface area contributed by atoms with Gasteiger partial charge in [-0.15, -0.1) is 0 Å². The monoisotopic (exact) mass is 374 g/mol. The van der Waals surface area contributed by atoms with Gasteiger partial charge in [0.2, 0.25) is 0 Å². The topological polar surface area (TPSA) is 75.7 Å². The highest BCUT2D eigenvalue weighted by Crippen LogP contribution is 2.20. The first-order valence-corrected chi connectivity index (χ1v) is 9.69. The molecule has 0 spiro atoms. The third-order valence-corrected chi connectivity index (χ3v) is 5.20. The maximum absolute atomic E-state index is 12.6. The van der Waals surface area contributed by atoms with Gasteiger partial charge < -0.3 is 15.0 Å². The van der Waals surface area contributed by atoms with Crippen molar-refractivity contribution in [3.8, 4) is 0 Å². The number of ether oxygens (including phenoxy) is 1. The predicted octanol–water partition coefficient (Wildman–Crippen LogP) is 2.76. The molecular weight excluding hydrogens is 344 g/mol. The summed E-state index contributed by atoms with van der Waals surface area (Å²) >= 11 is 0. The summed E-state index contributed by atoms with van der Waals surface area (Å²) in [6, 6.07) is 5.59. The lowest BCUT2D eigenvalue weighted by molar-refractivity contribution is -0.160. The number of esters is 1. The van der Waals surface area contributed by atoms with Crippen molar-refractivity contribution in [2.45, 2.75) is 65.5 Å². The number of amides is 2. The van der Waals surface area contributed by atoms with Crippen molar-refractivity contribution in [2.75, 3.05) is 13.1 Å². The van der Waals surface area contributed by atoms with Crippen molar-refractivity contribution in [3.63, 3.8) is 0 Å². The first-order valence-electron chi connectivity index (χ1n) is 9.69. The van der Waals surface area contributed by atoms with Gasteiger partial charge in [-0.2, -0.15) is 0 Å². The Bertz CT molecular complexity index is 701. The van der Waals surface area contributed by atoms with E-state index in [4.69, 9.17) is 4.74 Å². The highest BCUT2D eigenvalue weighted by molar-refractivity contribution is 5.96. The van der Waals surface area contributed by atoms with Crippen LogP contribution in [0.25, 0.3) is 0 Å². The number of rotatable bonds is 6. The Labute approximate surface area is 161 Å². The number of benzene rings is 1. The molecular formula is C21H30N2O4. The fraction of sp³-hybridized carbons (Fsp3) is 0.571. The summed E-state index contributed by atoms with van der Waals surface area (Å²) in [4.78, 5) is 38.6. The Kier molecular flexibility index (Phi) is 7.39. The van der Waals surface area contributed by atoms with Crippen LogP contribution in [-0.4, -0.2) is 47.9 Å². The lowest BCUT2D eigenvalue weighted by Crippen LogP contribution is -2.48. The molecule has 0 bridgehead atoms. The van der Waals surface area contributed by atoms with Crippen molar-refractivity contribution < 1.29 is 19.1 Å². The summed E-state index contributed by atoms with van der Waals surface area (Å²) in [5, 5.41) is 2.55. The van der Waals surface area contributed by atoms with Crippen LogP contribution in [0.1, 0.15) is 61.0 Å². The van der Waals surface area contributed by atoms with E-state index in [1.54, 1.807) is 19.1 Å². The summed E-state index contributed by atoms with van der Waals surface area (Å²) < 4.78 is 5.24. The van der Waals surface area contributed by atoms with Crippen LogP contribution in [0.5, 0.6) is 0 Å². The van der Waals surface area contributed by atoms with Gasteiger partial charge in [0.15, 0.2) is 6.10 Å². The zero-order valence-corrected chi connectivity index (χ0v) is 16.7. The molecule has 2 atom stereocenters. The molecule has 1 aromatic rings. The molecule has 6 nitrogen and oxygen atoms in total. The molecule has 1 fully saturated rings. The van der Waals surface area contributed by atoms with Crippen molar-refractivity contribution >= 4 is 17.8 Å². The second-order valence-electron chi connectivity index (χ2n) is 7.20. The Morgan fingerprint density at radius 3 is 2.63 bits per heavy atom. The molecule has 0 saturated carbocycles. The van der Waals surface area contributed by atoms with Crippen LogP contribution < -0.4 is 5.32 Å². The molecule has 2 unspecified atom stereocenters. The first-order chi connectivity index (χ1) is 12.8. The molecule has 1 aliphatic rings. The highest BCUT2D eigenvalue weighted by atomic mass is 16.5. The minimum Gasteiger partial charge on any atom is -0.451 e. The molecule has 1 aliphatic heterocycles. The number of hydrogen-bond donors (Lipinski definition) is 1. The average Bonchev–Trinajstić information content (AvgIpc) is 2.67. The SMILES string of the molecule is CCC1CCCCN1C(=O)C(C)OC(=O)CNC(=O)c1ccc(C)c(C)c1. The number of nitrogens with zero attached hydrogens (tertiary/aromatic N) is 1. The van der Waals surface area contributed by atoms with E-state index in [1.165, 1.54) is 0 Å². The second kappa shape index (κ2) is 9.53. The molecule has 0 radical (unpaired) electrons. The average molecular weight is 374 g/mol. The van der Waals surface area contributed by atoms with E-state index in [2.05, 4.69) is 12.2 Å². The minimum atomic E-state index is -0.844. The van der Waals surface area contributed by atoms with E-state index in [1.807, 2.05) is 24.8 Å². The van der Waals surface area contributed by atoms with Gasteiger partial charge in [0.1, 0.15) is 6.54 Å². The second-order valence-corrected chi connectivity index (χ2v) is 7.20. The number of carbonyl (C=O) groups excluding carboxylic acids is 3. The predicted molar refractivity (Wildman–Crippen MR) is 103 cm³/mol. The van der Waals surface area contributed by atoms with Crippen LogP contribution in [0.3, 0.4) is 0 Å². The van der Waals surface area contributed by atoms with Gasteiger partial charge in [-0.3, -0.25) is 14.4 Å². The van der Waals surface area contributed by atoms with Gasteiger partial charge in [0, 0.05) is 18.2 Å². The summed E-state index contributed by atoms with van der Waals surface area (Å²) in [6.45, 7) is 8.00. The molecule has 2 amide bonds. The van der Waals surface area contributed by atoms with E-state index in [9.17, 15) is 14.4 Å². The Hall–Kier alpha value is -2.37. The maximum atomic E-state index is 12.6. The van der Waals surface area contributed by atoms with Crippen molar-refractivity contribution in [2.24, 2.45) is 0 Å². The van der Waals surface area contributed by atoms with E-state index in [-0.39, 0.29) is 24.4 Å². The molecule has 1 aromatic carbocycles. The van der Waals surface area contributed by atoms with Gasteiger partial charge >= 0.3 is 5.97 Å². The number of likely N-dealkylation sites (tertiary alicyclic amines) is 1. The molecule has 1 saturated heterocycles. The van der Waals surface area contributed by atoms with Crippen molar-refractivity contribution in [1.82, 2.24) is 10.2 Å². The molecule has 1 N–H and O–H groups in total. The fourth-order valence-corrected chi connectivity index (χ4v) is 3.38. The van der Waals surface area contributed by atoms with Crippen LogP contribution in [-0.2, 0) is 14.3 Å².